The molecule has 10 atom stereocenters. The number of ether oxygens (including phenoxy) is 3. The maximum Gasteiger partial charge on any atom is 0.335 e. The van der Waals surface area contributed by atoms with Crippen LogP contribution in [-0.2, 0) is 19.0 Å². The topological polar surface area (TPSA) is 186 Å². The number of carboxylic acid groups (broad SMARTS) is 1. The number of carbonyl (C=O) groups is 1. The quantitative estimate of drug-likeness (QED) is 0.256. The van der Waals surface area contributed by atoms with E-state index in [4.69, 9.17) is 14.2 Å². The average Bonchev–Trinajstić information content (AvgIpc) is 2.85. The minimum Gasteiger partial charge on any atom is -0.478 e. The van der Waals surface area contributed by atoms with E-state index in [0.717, 1.165) is 6.26 Å². The van der Waals surface area contributed by atoms with Gasteiger partial charge in [-0.05, 0) is 6.92 Å². The molecule has 7 N–H and O–H groups in total. The van der Waals surface area contributed by atoms with Gasteiger partial charge in [0, 0.05) is 12.3 Å². The molecule has 1 aliphatic carbocycles. The van der Waals surface area contributed by atoms with Crippen LogP contribution in [0.3, 0.4) is 0 Å². The molecule has 0 amide bonds. The van der Waals surface area contributed by atoms with Crippen LogP contribution < -0.4 is 0 Å². The molecule has 0 spiro atoms. The van der Waals surface area contributed by atoms with Crippen LogP contribution in [0.2, 0.25) is 0 Å². The van der Waals surface area contributed by atoms with Gasteiger partial charge in [0.15, 0.2) is 6.29 Å². The molecule has 0 radical (unpaired) electrons. The first-order valence-electron chi connectivity index (χ1n) is 8.53. The Bertz CT molecular complexity index is 603. The Morgan fingerprint density at radius 2 is 1.89 bits per heavy atom. The molecule has 1 saturated heterocycles. The van der Waals surface area contributed by atoms with Gasteiger partial charge in [-0.1, -0.05) is 0 Å². The highest BCUT2D eigenvalue weighted by atomic mass is 16.8. The van der Waals surface area contributed by atoms with E-state index in [1.54, 1.807) is 0 Å². The number of rotatable bonds is 4. The Hall–Kier alpha value is -1.31. The van der Waals surface area contributed by atoms with E-state index in [0.29, 0.717) is 0 Å². The van der Waals surface area contributed by atoms with E-state index in [-0.39, 0.29) is 12.0 Å². The zero-order valence-electron chi connectivity index (χ0n) is 14.5. The van der Waals surface area contributed by atoms with E-state index >= 15 is 0 Å². The molecular formula is C16H24O11. The second-order valence-electron chi connectivity index (χ2n) is 7.40. The molecule has 0 aromatic rings. The van der Waals surface area contributed by atoms with Gasteiger partial charge in [-0.25, -0.2) is 4.79 Å². The third-order valence-corrected chi connectivity index (χ3v) is 5.49. The van der Waals surface area contributed by atoms with Crippen molar-refractivity contribution in [3.05, 3.63) is 11.8 Å². The molecule has 11 nitrogen and oxygen atoms in total. The first-order chi connectivity index (χ1) is 12.6. The third-order valence-electron chi connectivity index (χ3n) is 5.49. The summed E-state index contributed by atoms with van der Waals surface area (Å²) < 4.78 is 16.1. The number of hydrogen-bond donors (Lipinski definition) is 7. The van der Waals surface area contributed by atoms with Crippen molar-refractivity contribution in [3.63, 3.8) is 0 Å². The molecule has 3 rings (SSSR count). The van der Waals surface area contributed by atoms with Gasteiger partial charge >= 0.3 is 5.97 Å². The van der Waals surface area contributed by atoms with Gasteiger partial charge in [-0.2, -0.15) is 0 Å². The van der Waals surface area contributed by atoms with Gasteiger partial charge in [0.25, 0.3) is 0 Å². The summed E-state index contributed by atoms with van der Waals surface area (Å²) in [7, 11) is 0. The van der Waals surface area contributed by atoms with Gasteiger partial charge in [-0.15, -0.1) is 0 Å². The standard InChI is InChI=1S/C16H24O11/c1-16(24)2-6(18)8-5(13(22)23)4-25-14(9(8)16)27-15-12(21)11(20)10(19)7(3-17)26-15/h4,6-12,14-15,17-21,24H,2-3H2,1H3,(H,22,23)/t6-,7+,8+,9-,10-,11-,12+,14+,15+,16+/m1/s1. The monoisotopic (exact) mass is 392 g/mol. The van der Waals surface area contributed by atoms with E-state index < -0.39 is 73.1 Å². The molecule has 2 fully saturated rings. The predicted molar refractivity (Wildman–Crippen MR) is 83.7 cm³/mol. The largest absolute Gasteiger partial charge is 0.478 e. The van der Waals surface area contributed by atoms with Crippen molar-refractivity contribution >= 4 is 5.97 Å². The number of carboxylic acids is 1. The summed E-state index contributed by atoms with van der Waals surface area (Å²) in [5.74, 6) is -3.30. The van der Waals surface area contributed by atoms with E-state index in [1.807, 2.05) is 0 Å². The van der Waals surface area contributed by atoms with Crippen molar-refractivity contribution in [2.45, 2.75) is 62.0 Å². The lowest BCUT2D eigenvalue weighted by molar-refractivity contribution is -0.346. The highest BCUT2D eigenvalue weighted by molar-refractivity contribution is 5.87. The predicted octanol–water partition coefficient (Wildman–Crippen LogP) is -3.12. The Balaban J connectivity index is 1.85. The van der Waals surface area contributed by atoms with Crippen LogP contribution >= 0.6 is 0 Å². The maximum absolute atomic E-state index is 11.4. The SMILES string of the molecule is C[C@]1(O)C[C@@H](O)[C@@H]2C(C(=O)O)=CO[C@@H](O[C@@H]3O[C@@H](CO)[C@@H](O)[C@@H](O)[C@@H]3O)[C@@H]21. The van der Waals surface area contributed by atoms with Crippen LogP contribution in [0.25, 0.3) is 0 Å². The second kappa shape index (κ2) is 7.26. The van der Waals surface area contributed by atoms with Crippen LogP contribution in [0.1, 0.15) is 13.3 Å². The van der Waals surface area contributed by atoms with Crippen LogP contribution in [0.15, 0.2) is 11.8 Å². The van der Waals surface area contributed by atoms with E-state index in [1.165, 1.54) is 6.92 Å². The molecule has 11 heteroatoms. The fourth-order valence-corrected chi connectivity index (χ4v) is 4.10. The number of aliphatic carboxylic acids is 1. The first kappa shape index (κ1) is 20.4. The zero-order valence-corrected chi connectivity index (χ0v) is 14.5. The zero-order chi connectivity index (χ0) is 20.1. The van der Waals surface area contributed by atoms with Crippen LogP contribution in [0.4, 0.5) is 0 Å². The number of aliphatic hydroxyl groups is 6. The van der Waals surface area contributed by atoms with Gasteiger partial charge in [0.2, 0.25) is 6.29 Å². The summed E-state index contributed by atoms with van der Waals surface area (Å²) in [6.07, 6.45) is -9.34. The lowest BCUT2D eigenvalue weighted by atomic mass is 9.81. The van der Waals surface area contributed by atoms with E-state index in [9.17, 15) is 40.5 Å². The minimum atomic E-state index is -1.69. The summed E-state index contributed by atoms with van der Waals surface area (Å²) in [5, 5.41) is 69.2. The van der Waals surface area contributed by atoms with Crippen LogP contribution in [0, 0.1) is 11.8 Å². The normalized spacial score (nSPS) is 49.9. The van der Waals surface area contributed by atoms with Crippen molar-refractivity contribution in [3.8, 4) is 0 Å². The number of fused-ring (bicyclic) bond motifs is 1. The van der Waals surface area contributed by atoms with Crippen LogP contribution in [-0.4, -0.2) is 97.0 Å². The second-order valence-corrected chi connectivity index (χ2v) is 7.40. The lowest BCUT2D eigenvalue weighted by Crippen LogP contribution is -2.60. The Kier molecular flexibility index (Phi) is 5.49. The fourth-order valence-electron chi connectivity index (χ4n) is 4.10. The summed E-state index contributed by atoms with van der Waals surface area (Å²) in [4.78, 5) is 11.4. The fraction of sp³-hybridized carbons (Fsp3) is 0.812. The highest BCUT2D eigenvalue weighted by Crippen LogP contribution is 2.49. The average molecular weight is 392 g/mol. The van der Waals surface area contributed by atoms with Crippen molar-refractivity contribution in [1.82, 2.24) is 0 Å². The third kappa shape index (κ3) is 3.45. The van der Waals surface area contributed by atoms with Crippen molar-refractivity contribution < 1.29 is 54.8 Å². The summed E-state index contributed by atoms with van der Waals surface area (Å²) in [6.45, 7) is 0.751. The number of aliphatic hydroxyl groups excluding tert-OH is 5. The molecule has 154 valence electrons. The summed E-state index contributed by atoms with van der Waals surface area (Å²) in [6, 6.07) is 0. The lowest BCUT2D eigenvalue weighted by Gasteiger charge is -2.44. The van der Waals surface area contributed by atoms with Gasteiger partial charge in [-0.3, -0.25) is 0 Å². The molecule has 27 heavy (non-hydrogen) atoms. The Labute approximate surface area is 154 Å². The molecule has 3 aliphatic rings. The molecule has 2 heterocycles. The molecule has 0 bridgehead atoms. The van der Waals surface area contributed by atoms with Gasteiger partial charge in [0.1, 0.15) is 24.4 Å². The molecule has 2 aliphatic heterocycles. The smallest absolute Gasteiger partial charge is 0.335 e. The van der Waals surface area contributed by atoms with Crippen molar-refractivity contribution in [2.24, 2.45) is 11.8 Å². The van der Waals surface area contributed by atoms with Gasteiger partial charge < -0.3 is 50.0 Å². The van der Waals surface area contributed by atoms with Crippen molar-refractivity contribution in [2.75, 3.05) is 6.61 Å². The highest BCUT2D eigenvalue weighted by Gasteiger charge is 2.59. The minimum absolute atomic E-state index is 0.120. The van der Waals surface area contributed by atoms with Crippen molar-refractivity contribution in [1.29, 1.82) is 0 Å². The molecule has 1 saturated carbocycles. The Morgan fingerprint density at radius 3 is 2.48 bits per heavy atom. The number of hydrogen-bond acceptors (Lipinski definition) is 10. The van der Waals surface area contributed by atoms with Gasteiger partial charge in [0.05, 0.1) is 36.1 Å². The summed E-state index contributed by atoms with van der Waals surface area (Å²) >= 11 is 0. The maximum atomic E-state index is 11.4. The van der Waals surface area contributed by atoms with E-state index in [2.05, 4.69) is 0 Å². The molecular weight excluding hydrogens is 368 g/mol. The molecule has 0 aromatic carbocycles. The first-order valence-corrected chi connectivity index (χ1v) is 8.53. The van der Waals surface area contributed by atoms with Crippen LogP contribution in [0.5, 0.6) is 0 Å². The molecule has 0 unspecified atom stereocenters. The Morgan fingerprint density at radius 1 is 1.22 bits per heavy atom. The molecule has 0 aromatic heterocycles. The summed E-state index contributed by atoms with van der Waals surface area (Å²) in [5.41, 5.74) is -1.77.